The van der Waals surface area contributed by atoms with Gasteiger partial charge in [0.05, 0.1) is 0 Å². The van der Waals surface area contributed by atoms with E-state index in [4.69, 9.17) is 0 Å². The van der Waals surface area contributed by atoms with Crippen molar-refractivity contribution >= 4 is 0 Å². The highest BCUT2D eigenvalue weighted by molar-refractivity contribution is 5.30. The second kappa shape index (κ2) is 10.8. The van der Waals surface area contributed by atoms with Gasteiger partial charge in [0.1, 0.15) is 0 Å². The SMILES string of the molecule is CC1CCC2C(C1)C1CC(C)C3C4CC(C(C)(C)C)CC(C(C)C)C4C45C6C(C)C(C(C)C)CC6C6CC(C(C)C)CC(C2C1C34)C65. The summed E-state index contributed by atoms with van der Waals surface area (Å²) in [5, 5.41) is 0. The van der Waals surface area contributed by atoms with Gasteiger partial charge in [-0.1, -0.05) is 89.5 Å². The molecule has 22 unspecified atom stereocenters. The van der Waals surface area contributed by atoms with Crippen LogP contribution in [0, 0.1) is 153 Å². The summed E-state index contributed by atoms with van der Waals surface area (Å²) in [6.45, 7) is 32.2. The van der Waals surface area contributed by atoms with E-state index in [9.17, 15) is 0 Å². The van der Waals surface area contributed by atoms with Crippen LogP contribution in [-0.2, 0) is 0 Å². The van der Waals surface area contributed by atoms with Crippen molar-refractivity contribution in [3.8, 4) is 0 Å². The predicted molar refractivity (Wildman–Crippen MR) is 198 cm³/mol. The van der Waals surface area contributed by atoms with E-state index >= 15 is 0 Å². The fourth-order valence-corrected chi connectivity index (χ4v) is 19.5. The molecule has 22 atom stereocenters. The summed E-state index contributed by atoms with van der Waals surface area (Å²) in [6.07, 6.45) is 14.4. The van der Waals surface area contributed by atoms with Gasteiger partial charge in [0.2, 0.25) is 0 Å². The smallest absolute Gasteiger partial charge is 0.0162 e. The van der Waals surface area contributed by atoms with Gasteiger partial charge in [0.25, 0.3) is 0 Å². The standard InChI is InChI=1S/C47H78/c1-22(2)28-17-35-36-21-31(23(3)4)27(9)42(36)47-43-32(24(5)6)19-29(46(10,11)12)20-38(43)39-26(8)16-34-33-15-25(7)13-14-30(33)40(41(34)45(39)47)37(18-28)44(35)47/h22-45H,13-21H2,1-12H3. The Morgan fingerprint density at radius 1 is 0.489 bits per heavy atom. The van der Waals surface area contributed by atoms with E-state index in [1.54, 1.807) is 57.8 Å². The van der Waals surface area contributed by atoms with E-state index < -0.39 is 0 Å². The molecule has 1 spiro atoms. The molecule has 0 heteroatoms. The Morgan fingerprint density at radius 2 is 1.15 bits per heavy atom. The monoisotopic (exact) mass is 643 g/mol. The molecule has 0 aliphatic heterocycles. The molecule has 47 heavy (non-hydrogen) atoms. The zero-order valence-corrected chi connectivity index (χ0v) is 33.2. The van der Waals surface area contributed by atoms with Crippen LogP contribution in [0.1, 0.15) is 141 Å². The largest absolute Gasteiger partial charge is 0.0625 e. The van der Waals surface area contributed by atoms with E-state index in [-0.39, 0.29) is 0 Å². The Kier molecular flexibility index (Phi) is 7.53. The predicted octanol–water partition coefficient (Wildman–Crippen LogP) is 12.6. The lowest BCUT2D eigenvalue weighted by molar-refractivity contribution is -0.184. The van der Waals surface area contributed by atoms with Gasteiger partial charge < -0.3 is 0 Å². The fraction of sp³-hybridized carbons (Fsp3) is 1.00. The molecule has 0 aromatic carbocycles. The van der Waals surface area contributed by atoms with Crippen molar-refractivity contribution < 1.29 is 0 Å². The molecule has 266 valence electrons. The molecule has 9 aliphatic rings. The molecule has 0 heterocycles. The molecule has 0 aromatic heterocycles. The van der Waals surface area contributed by atoms with Gasteiger partial charge in [-0.25, -0.2) is 0 Å². The van der Waals surface area contributed by atoms with Crippen molar-refractivity contribution in [1.29, 1.82) is 0 Å². The van der Waals surface area contributed by atoms with Crippen molar-refractivity contribution in [2.75, 3.05) is 0 Å². The summed E-state index contributed by atoms with van der Waals surface area (Å²) < 4.78 is 0. The first kappa shape index (κ1) is 32.9. The summed E-state index contributed by atoms with van der Waals surface area (Å²) in [7, 11) is 0. The average molecular weight is 643 g/mol. The molecule has 0 amide bonds. The van der Waals surface area contributed by atoms with E-state index in [0.29, 0.717) is 10.8 Å². The Labute approximate surface area is 292 Å². The van der Waals surface area contributed by atoms with Crippen molar-refractivity contribution in [3.63, 3.8) is 0 Å². The Morgan fingerprint density at radius 3 is 1.81 bits per heavy atom. The second-order valence-corrected chi connectivity index (χ2v) is 23.5. The first-order chi connectivity index (χ1) is 22.2. The van der Waals surface area contributed by atoms with Gasteiger partial charge in [0.15, 0.2) is 0 Å². The van der Waals surface area contributed by atoms with E-state index in [2.05, 4.69) is 83.1 Å². The third-order valence-electron chi connectivity index (χ3n) is 20.4. The van der Waals surface area contributed by atoms with Gasteiger partial charge in [0, 0.05) is 0 Å². The Hall–Kier alpha value is 0. The van der Waals surface area contributed by atoms with Crippen molar-refractivity contribution in [2.24, 2.45) is 153 Å². The van der Waals surface area contributed by atoms with Crippen molar-refractivity contribution in [3.05, 3.63) is 0 Å². The molecule has 0 bridgehead atoms. The van der Waals surface area contributed by atoms with Crippen molar-refractivity contribution in [2.45, 2.75) is 141 Å². The lowest BCUT2D eigenvalue weighted by atomic mass is 9.39. The number of fused-ring (bicyclic) bond motifs is 8. The fourth-order valence-electron chi connectivity index (χ4n) is 19.5. The van der Waals surface area contributed by atoms with Crippen LogP contribution in [0.15, 0.2) is 0 Å². The van der Waals surface area contributed by atoms with E-state index in [1.807, 2.05) is 0 Å². The van der Waals surface area contributed by atoms with Gasteiger partial charge in [-0.15, -0.1) is 0 Å². The molecule has 0 saturated heterocycles. The molecule has 9 aliphatic carbocycles. The summed E-state index contributed by atoms with van der Waals surface area (Å²) in [6, 6.07) is 0. The Bertz CT molecular complexity index is 1200. The lowest BCUT2D eigenvalue weighted by Crippen LogP contribution is -2.61. The van der Waals surface area contributed by atoms with Crippen LogP contribution in [0.5, 0.6) is 0 Å². The first-order valence-electron chi connectivity index (χ1n) is 22.2. The zero-order chi connectivity index (χ0) is 33.2. The highest BCUT2D eigenvalue weighted by atomic mass is 14.9. The van der Waals surface area contributed by atoms with Crippen LogP contribution in [0.25, 0.3) is 0 Å². The van der Waals surface area contributed by atoms with Crippen molar-refractivity contribution in [1.82, 2.24) is 0 Å². The summed E-state index contributed by atoms with van der Waals surface area (Å²) in [5.74, 6) is 24.3. The van der Waals surface area contributed by atoms with E-state index in [1.165, 1.54) is 0 Å². The van der Waals surface area contributed by atoms with E-state index in [0.717, 1.165) is 142 Å². The molecule has 0 aromatic rings. The second-order valence-electron chi connectivity index (χ2n) is 23.5. The minimum atomic E-state index is 0.451. The number of hydrogen-bond acceptors (Lipinski definition) is 0. The molecule has 9 rings (SSSR count). The molecule has 9 fully saturated rings. The summed E-state index contributed by atoms with van der Waals surface area (Å²) in [4.78, 5) is 0. The average Bonchev–Trinajstić information content (AvgIpc) is 3.69. The lowest BCUT2D eigenvalue weighted by Gasteiger charge is -2.65. The molecular weight excluding hydrogens is 565 g/mol. The third kappa shape index (κ3) is 4.12. The highest BCUT2D eigenvalue weighted by Gasteiger charge is 2.83. The first-order valence-corrected chi connectivity index (χ1v) is 22.2. The maximum absolute atomic E-state index is 2.87. The number of rotatable bonds is 3. The van der Waals surface area contributed by atoms with Gasteiger partial charge in [-0.3, -0.25) is 0 Å². The van der Waals surface area contributed by atoms with Crippen LogP contribution < -0.4 is 0 Å². The maximum Gasteiger partial charge on any atom is -0.0162 e. The van der Waals surface area contributed by atoms with Gasteiger partial charge in [-0.2, -0.15) is 0 Å². The number of hydrogen-bond donors (Lipinski definition) is 0. The highest BCUT2D eigenvalue weighted by Crippen LogP contribution is 2.88. The normalized spacial score (nSPS) is 60.4. The molecule has 0 nitrogen and oxygen atoms in total. The van der Waals surface area contributed by atoms with Gasteiger partial charge >= 0.3 is 0 Å². The Balaban J connectivity index is 1.30. The summed E-state index contributed by atoms with van der Waals surface area (Å²) >= 11 is 0. The van der Waals surface area contributed by atoms with Gasteiger partial charge in [-0.05, 0) is 204 Å². The van der Waals surface area contributed by atoms with Crippen LogP contribution in [-0.4, -0.2) is 0 Å². The van der Waals surface area contributed by atoms with Crippen LogP contribution >= 0.6 is 0 Å². The molecule has 9 saturated carbocycles. The molecular formula is C47H78. The minimum Gasteiger partial charge on any atom is -0.0625 e. The maximum atomic E-state index is 2.87. The topological polar surface area (TPSA) is 0 Å². The third-order valence-corrected chi connectivity index (χ3v) is 20.4. The molecule has 0 radical (unpaired) electrons. The quantitative estimate of drug-likeness (QED) is 0.287. The zero-order valence-electron chi connectivity index (χ0n) is 33.2. The van der Waals surface area contributed by atoms with Crippen LogP contribution in [0.3, 0.4) is 0 Å². The minimum absolute atomic E-state index is 0.451. The van der Waals surface area contributed by atoms with Crippen LogP contribution in [0.4, 0.5) is 0 Å². The van der Waals surface area contributed by atoms with Crippen LogP contribution in [0.2, 0.25) is 0 Å². The molecule has 0 N–H and O–H groups in total. The summed E-state index contributed by atoms with van der Waals surface area (Å²) in [5.41, 5.74) is 1.12.